The third-order valence-corrected chi connectivity index (χ3v) is 1.27. The lowest BCUT2D eigenvalue weighted by Gasteiger charge is -1.70. The summed E-state index contributed by atoms with van der Waals surface area (Å²) in [6.07, 6.45) is 0. The van der Waals surface area contributed by atoms with Gasteiger partial charge in [-0.2, -0.15) is 0 Å². The SMILES string of the molecule is NC1=C(N)C1Cl. The van der Waals surface area contributed by atoms with E-state index < -0.39 is 0 Å². The van der Waals surface area contributed by atoms with Crippen LogP contribution in [0, 0.1) is 0 Å². The van der Waals surface area contributed by atoms with E-state index in [-0.39, 0.29) is 5.38 Å². The Labute approximate surface area is 40.8 Å². The van der Waals surface area contributed by atoms with Crippen LogP contribution in [0.25, 0.3) is 0 Å². The van der Waals surface area contributed by atoms with Crippen LogP contribution in [0.2, 0.25) is 0 Å². The van der Waals surface area contributed by atoms with E-state index in [0.717, 1.165) is 0 Å². The molecule has 0 saturated carbocycles. The van der Waals surface area contributed by atoms with Crippen LogP contribution < -0.4 is 11.5 Å². The van der Waals surface area contributed by atoms with E-state index in [0.29, 0.717) is 11.4 Å². The third-order valence-electron chi connectivity index (χ3n) is 0.796. The molecule has 0 heterocycles. The molecule has 4 N–H and O–H groups in total. The molecule has 0 radical (unpaired) electrons. The molecule has 0 atom stereocenters. The van der Waals surface area contributed by atoms with Crippen molar-refractivity contribution in [3.63, 3.8) is 0 Å². The summed E-state index contributed by atoms with van der Waals surface area (Å²) in [5, 5.41) is -0.120. The minimum atomic E-state index is -0.120. The van der Waals surface area contributed by atoms with Gasteiger partial charge in [-0.3, -0.25) is 0 Å². The van der Waals surface area contributed by atoms with Crippen LogP contribution in [0.1, 0.15) is 0 Å². The van der Waals surface area contributed by atoms with Gasteiger partial charge in [-0.05, 0) is 0 Å². The van der Waals surface area contributed by atoms with Gasteiger partial charge in [-0.25, -0.2) is 0 Å². The van der Waals surface area contributed by atoms with Crippen LogP contribution in [0.4, 0.5) is 0 Å². The second kappa shape index (κ2) is 0.819. The van der Waals surface area contributed by atoms with E-state index in [4.69, 9.17) is 23.1 Å². The fourth-order valence-electron chi connectivity index (χ4n) is 0.226. The van der Waals surface area contributed by atoms with Crippen LogP contribution in [0.5, 0.6) is 0 Å². The van der Waals surface area contributed by atoms with Crippen LogP contribution in [-0.4, -0.2) is 5.38 Å². The number of alkyl halides is 1. The van der Waals surface area contributed by atoms with Crippen molar-refractivity contribution in [2.45, 2.75) is 5.38 Å². The van der Waals surface area contributed by atoms with Crippen molar-refractivity contribution in [2.24, 2.45) is 11.5 Å². The summed E-state index contributed by atoms with van der Waals surface area (Å²) in [7, 11) is 0. The Kier molecular flexibility index (Phi) is 0.520. The molecule has 0 amide bonds. The van der Waals surface area contributed by atoms with E-state index >= 15 is 0 Å². The normalized spacial score (nSPS) is 22.2. The van der Waals surface area contributed by atoms with E-state index in [1.807, 2.05) is 0 Å². The fraction of sp³-hybridized carbons (Fsp3) is 0.333. The molecular formula is C3H5ClN2. The molecule has 0 spiro atoms. The van der Waals surface area contributed by atoms with E-state index in [2.05, 4.69) is 0 Å². The van der Waals surface area contributed by atoms with Gasteiger partial charge in [0.05, 0.1) is 11.4 Å². The average molecular weight is 105 g/mol. The van der Waals surface area contributed by atoms with Gasteiger partial charge in [0.1, 0.15) is 5.38 Å². The fourth-order valence-corrected chi connectivity index (χ4v) is 0.415. The summed E-state index contributed by atoms with van der Waals surface area (Å²) in [5.41, 5.74) is 11.5. The van der Waals surface area contributed by atoms with E-state index in [1.54, 1.807) is 0 Å². The van der Waals surface area contributed by atoms with Gasteiger partial charge >= 0.3 is 0 Å². The van der Waals surface area contributed by atoms with Gasteiger partial charge in [-0.1, -0.05) is 0 Å². The first kappa shape index (κ1) is 3.81. The van der Waals surface area contributed by atoms with Crippen LogP contribution >= 0.6 is 11.6 Å². The largest absolute Gasteiger partial charge is 0.399 e. The number of hydrogen-bond donors (Lipinski definition) is 2. The smallest absolute Gasteiger partial charge is 0.116 e. The molecule has 0 aromatic rings. The van der Waals surface area contributed by atoms with Gasteiger partial charge < -0.3 is 11.5 Å². The Morgan fingerprint density at radius 3 is 1.50 bits per heavy atom. The summed E-state index contributed by atoms with van der Waals surface area (Å²) in [6.45, 7) is 0. The number of halogens is 1. The molecule has 6 heavy (non-hydrogen) atoms. The van der Waals surface area contributed by atoms with Gasteiger partial charge in [0.15, 0.2) is 0 Å². The van der Waals surface area contributed by atoms with Crippen molar-refractivity contribution in [1.29, 1.82) is 0 Å². The number of rotatable bonds is 0. The Balaban J connectivity index is 2.54. The molecule has 0 aliphatic heterocycles. The highest BCUT2D eigenvalue weighted by atomic mass is 35.5. The summed E-state index contributed by atoms with van der Waals surface area (Å²) < 4.78 is 0. The Bertz CT molecular complexity index is 95.4. The maximum absolute atomic E-state index is 5.36. The lowest BCUT2D eigenvalue weighted by Crippen LogP contribution is -1.87. The molecule has 0 aromatic heterocycles. The van der Waals surface area contributed by atoms with E-state index in [1.165, 1.54) is 0 Å². The second-order valence-corrected chi connectivity index (χ2v) is 1.71. The summed E-state index contributed by atoms with van der Waals surface area (Å²) in [4.78, 5) is 0. The third kappa shape index (κ3) is 0.271. The Morgan fingerprint density at radius 1 is 1.33 bits per heavy atom. The number of allylic oxidation sites excluding steroid dienone is 2. The average Bonchev–Trinajstić information content (AvgIpc) is 1.94. The van der Waals surface area contributed by atoms with Crippen LogP contribution in [0.15, 0.2) is 11.4 Å². The molecule has 0 saturated heterocycles. The second-order valence-electron chi connectivity index (χ2n) is 1.27. The number of nitrogens with two attached hydrogens (primary N) is 2. The molecule has 1 aliphatic rings. The Hall–Kier alpha value is -0.370. The predicted octanol–water partition coefficient (Wildman–Crippen LogP) is -0.264. The standard InChI is InChI=1S/C3H5ClN2/c4-1-2(5)3(1)6/h1H,5-6H2. The number of hydrogen-bond acceptors (Lipinski definition) is 2. The molecule has 2 nitrogen and oxygen atoms in total. The monoisotopic (exact) mass is 104 g/mol. The topological polar surface area (TPSA) is 52.0 Å². The maximum Gasteiger partial charge on any atom is 0.116 e. The van der Waals surface area contributed by atoms with Crippen molar-refractivity contribution >= 4 is 11.6 Å². The lowest BCUT2D eigenvalue weighted by atomic mass is 10.8. The molecule has 1 aliphatic carbocycles. The minimum absolute atomic E-state index is 0.120. The molecule has 0 unspecified atom stereocenters. The zero-order valence-electron chi connectivity index (χ0n) is 3.11. The molecule has 0 fully saturated rings. The van der Waals surface area contributed by atoms with Gasteiger partial charge in [0.2, 0.25) is 0 Å². The quantitative estimate of drug-likeness (QED) is 0.416. The molecule has 0 bridgehead atoms. The lowest BCUT2D eigenvalue weighted by molar-refractivity contribution is 1.36. The van der Waals surface area contributed by atoms with Crippen LogP contribution in [-0.2, 0) is 0 Å². The molecule has 0 aromatic carbocycles. The summed E-state index contributed by atoms with van der Waals surface area (Å²) in [6, 6.07) is 0. The first-order valence-electron chi connectivity index (χ1n) is 1.62. The zero-order valence-corrected chi connectivity index (χ0v) is 3.87. The summed E-state index contributed by atoms with van der Waals surface area (Å²) in [5.74, 6) is 0. The molecular weight excluding hydrogens is 99.5 g/mol. The van der Waals surface area contributed by atoms with Crippen molar-refractivity contribution in [1.82, 2.24) is 0 Å². The van der Waals surface area contributed by atoms with Crippen molar-refractivity contribution < 1.29 is 0 Å². The van der Waals surface area contributed by atoms with Gasteiger partial charge in [-0.15, -0.1) is 11.6 Å². The van der Waals surface area contributed by atoms with Crippen LogP contribution in [0.3, 0.4) is 0 Å². The van der Waals surface area contributed by atoms with Crippen molar-refractivity contribution in [2.75, 3.05) is 0 Å². The zero-order chi connectivity index (χ0) is 4.73. The highest BCUT2D eigenvalue weighted by molar-refractivity contribution is 6.27. The van der Waals surface area contributed by atoms with E-state index in [9.17, 15) is 0 Å². The molecule has 1 rings (SSSR count). The van der Waals surface area contributed by atoms with Gasteiger partial charge in [0.25, 0.3) is 0 Å². The van der Waals surface area contributed by atoms with Gasteiger partial charge in [0, 0.05) is 0 Å². The summed E-state index contributed by atoms with van der Waals surface area (Å²) >= 11 is 5.36. The minimum Gasteiger partial charge on any atom is -0.399 e. The highest BCUT2D eigenvalue weighted by Gasteiger charge is 2.28. The highest BCUT2D eigenvalue weighted by Crippen LogP contribution is 2.26. The Morgan fingerprint density at radius 2 is 1.50 bits per heavy atom. The van der Waals surface area contributed by atoms with Crippen molar-refractivity contribution in [3.05, 3.63) is 11.4 Å². The first-order chi connectivity index (χ1) is 2.73. The first-order valence-corrected chi connectivity index (χ1v) is 2.06. The maximum atomic E-state index is 5.36. The van der Waals surface area contributed by atoms with Crippen molar-refractivity contribution in [3.8, 4) is 0 Å². The predicted molar refractivity (Wildman–Crippen MR) is 25.0 cm³/mol. The molecule has 3 heteroatoms. The molecule has 34 valence electrons.